The quantitative estimate of drug-likeness (QED) is 0.804. The van der Waals surface area contributed by atoms with Crippen molar-refractivity contribution >= 4 is 5.91 Å². The van der Waals surface area contributed by atoms with Crippen LogP contribution in [0, 0.1) is 13.8 Å². The van der Waals surface area contributed by atoms with E-state index in [1.54, 1.807) is 0 Å². The Morgan fingerprint density at radius 1 is 1.44 bits per heavy atom. The van der Waals surface area contributed by atoms with E-state index in [1.165, 1.54) is 5.56 Å². The van der Waals surface area contributed by atoms with Crippen LogP contribution in [0.1, 0.15) is 23.6 Å². The summed E-state index contributed by atoms with van der Waals surface area (Å²) >= 11 is 0. The van der Waals surface area contributed by atoms with Crippen molar-refractivity contribution in [3.8, 4) is 0 Å². The smallest absolute Gasteiger partial charge is 0.224 e. The largest absolute Gasteiger partial charge is 0.354 e. The first-order valence-electron chi connectivity index (χ1n) is 5.57. The Balaban J connectivity index is 2.59. The number of nitrogens with two attached hydrogens (primary N) is 1. The summed E-state index contributed by atoms with van der Waals surface area (Å²) in [4.78, 5) is 11.6. The van der Waals surface area contributed by atoms with Gasteiger partial charge in [0.05, 0.1) is 6.42 Å². The molecule has 0 aliphatic rings. The van der Waals surface area contributed by atoms with E-state index in [-0.39, 0.29) is 11.9 Å². The highest BCUT2D eigenvalue weighted by Crippen LogP contribution is 2.11. The summed E-state index contributed by atoms with van der Waals surface area (Å²) in [6.07, 6.45) is 0.431. The highest BCUT2D eigenvalue weighted by atomic mass is 16.1. The molecule has 3 N–H and O–H groups in total. The Hall–Kier alpha value is -1.35. The fourth-order valence-corrected chi connectivity index (χ4v) is 1.50. The van der Waals surface area contributed by atoms with Gasteiger partial charge in [0.1, 0.15) is 0 Å². The summed E-state index contributed by atoms with van der Waals surface area (Å²) in [5, 5.41) is 2.81. The Morgan fingerprint density at radius 2 is 2.12 bits per heavy atom. The van der Waals surface area contributed by atoms with Crippen LogP contribution >= 0.6 is 0 Å². The fourth-order valence-electron chi connectivity index (χ4n) is 1.50. The van der Waals surface area contributed by atoms with Gasteiger partial charge in [0.25, 0.3) is 0 Å². The maximum absolute atomic E-state index is 11.6. The van der Waals surface area contributed by atoms with Crippen LogP contribution in [0.4, 0.5) is 0 Å². The first kappa shape index (κ1) is 12.7. The van der Waals surface area contributed by atoms with E-state index in [2.05, 4.69) is 17.4 Å². The number of aryl methyl sites for hydroxylation is 2. The molecule has 3 nitrogen and oxygen atoms in total. The zero-order valence-electron chi connectivity index (χ0n) is 10.2. The molecule has 3 heteroatoms. The van der Waals surface area contributed by atoms with E-state index >= 15 is 0 Å². The van der Waals surface area contributed by atoms with Gasteiger partial charge in [0, 0.05) is 12.6 Å². The van der Waals surface area contributed by atoms with E-state index < -0.39 is 0 Å². The molecule has 0 spiro atoms. The third-order valence-electron chi connectivity index (χ3n) is 2.48. The van der Waals surface area contributed by atoms with Crippen LogP contribution in [0.5, 0.6) is 0 Å². The number of carbonyl (C=O) groups is 1. The van der Waals surface area contributed by atoms with Gasteiger partial charge in [-0.15, -0.1) is 0 Å². The van der Waals surface area contributed by atoms with Gasteiger partial charge >= 0.3 is 0 Å². The summed E-state index contributed by atoms with van der Waals surface area (Å²) in [6.45, 7) is 6.46. The van der Waals surface area contributed by atoms with E-state index in [0.29, 0.717) is 13.0 Å². The monoisotopic (exact) mass is 220 g/mol. The predicted molar refractivity (Wildman–Crippen MR) is 66.3 cm³/mol. The Morgan fingerprint density at radius 3 is 2.75 bits per heavy atom. The minimum absolute atomic E-state index is 0.00237. The molecule has 1 atom stereocenters. The molecule has 0 aliphatic carbocycles. The summed E-state index contributed by atoms with van der Waals surface area (Å²) in [6, 6.07) is 6.16. The minimum atomic E-state index is 0.00237. The molecule has 1 unspecified atom stereocenters. The van der Waals surface area contributed by atoms with Gasteiger partial charge in [-0.1, -0.05) is 23.8 Å². The summed E-state index contributed by atoms with van der Waals surface area (Å²) in [5.74, 6) is 0.0333. The number of carbonyl (C=O) groups excluding carboxylic acids is 1. The van der Waals surface area contributed by atoms with Crippen LogP contribution in [-0.4, -0.2) is 18.5 Å². The Labute approximate surface area is 97.0 Å². The average molecular weight is 220 g/mol. The van der Waals surface area contributed by atoms with Gasteiger partial charge < -0.3 is 11.1 Å². The molecule has 0 saturated carbocycles. The average Bonchev–Trinajstić information content (AvgIpc) is 2.20. The van der Waals surface area contributed by atoms with Crippen LogP contribution in [0.3, 0.4) is 0 Å². The number of hydrogen-bond acceptors (Lipinski definition) is 2. The molecule has 0 saturated heterocycles. The van der Waals surface area contributed by atoms with Crippen LogP contribution in [0.2, 0.25) is 0 Å². The summed E-state index contributed by atoms with van der Waals surface area (Å²) in [7, 11) is 0. The first-order chi connectivity index (χ1) is 7.49. The predicted octanol–water partition coefficient (Wildman–Crippen LogP) is 1.31. The maximum Gasteiger partial charge on any atom is 0.224 e. The van der Waals surface area contributed by atoms with Crippen molar-refractivity contribution in [3.05, 3.63) is 34.9 Å². The molecular weight excluding hydrogens is 200 g/mol. The number of amides is 1. The molecule has 0 radical (unpaired) electrons. The summed E-state index contributed by atoms with van der Waals surface area (Å²) < 4.78 is 0. The molecular formula is C13H20N2O. The van der Waals surface area contributed by atoms with Crippen molar-refractivity contribution in [1.82, 2.24) is 5.32 Å². The molecule has 0 fully saturated rings. The highest BCUT2D eigenvalue weighted by Gasteiger charge is 2.06. The second-order valence-electron chi connectivity index (χ2n) is 4.39. The molecule has 1 rings (SSSR count). The lowest BCUT2D eigenvalue weighted by molar-refractivity contribution is -0.120. The number of hydrogen-bond donors (Lipinski definition) is 2. The molecule has 0 heterocycles. The van der Waals surface area contributed by atoms with Crippen molar-refractivity contribution in [2.45, 2.75) is 33.2 Å². The molecule has 88 valence electrons. The topological polar surface area (TPSA) is 55.1 Å². The van der Waals surface area contributed by atoms with Crippen molar-refractivity contribution in [1.29, 1.82) is 0 Å². The van der Waals surface area contributed by atoms with Gasteiger partial charge in [0.15, 0.2) is 0 Å². The van der Waals surface area contributed by atoms with Crippen molar-refractivity contribution in [2.75, 3.05) is 6.54 Å². The van der Waals surface area contributed by atoms with Crippen LogP contribution in [-0.2, 0) is 11.2 Å². The normalized spacial score (nSPS) is 12.2. The van der Waals surface area contributed by atoms with Gasteiger partial charge in [-0.3, -0.25) is 4.79 Å². The number of rotatable bonds is 4. The molecule has 0 bridgehead atoms. The van der Waals surface area contributed by atoms with Gasteiger partial charge in [-0.25, -0.2) is 0 Å². The second kappa shape index (κ2) is 5.66. The standard InChI is InChI=1S/C13H20N2O/c1-9-4-5-10(2)12(6-9)7-13(16)15-8-11(3)14/h4-6,11H,7-8,14H2,1-3H3,(H,15,16). The third kappa shape index (κ3) is 4.03. The summed E-state index contributed by atoms with van der Waals surface area (Å²) in [5.41, 5.74) is 8.99. The maximum atomic E-state index is 11.6. The first-order valence-corrected chi connectivity index (χ1v) is 5.57. The van der Waals surface area contributed by atoms with E-state index in [0.717, 1.165) is 11.1 Å². The van der Waals surface area contributed by atoms with E-state index in [9.17, 15) is 4.79 Å². The van der Waals surface area contributed by atoms with E-state index in [4.69, 9.17) is 5.73 Å². The molecule has 1 aromatic carbocycles. The van der Waals surface area contributed by atoms with Gasteiger partial charge in [-0.2, -0.15) is 0 Å². The second-order valence-corrected chi connectivity index (χ2v) is 4.39. The van der Waals surface area contributed by atoms with Gasteiger partial charge in [0.2, 0.25) is 5.91 Å². The number of nitrogens with one attached hydrogen (secondary N) is 1. The van der Waals surface area contributed by atoms with Crippen molar-refractivity contribution in [2.24, 2.45) is 5.73 Å². The zero-order chi connectivity index (χ0) is 12.1. The third-order valence-corrected chi connectivity index (χ3v) is 2.48. The highest BCUT2D eigenvalue weighted by molar-refractivity contribution is 5.79. The zero-order valence-corrected chi connectivity index (χ0v) is 10.2. The van der Waals surface area contributed by atoms with Crippen molar-refractivity contribution in [3.63, 3.8) is 0 Å². The van der Waals surface area contributed by atoms with Crippen LogP contribution < -0.4 is 11.1 Å². The number of benzene rings is 1. The van der Waals surface area contributed by atoms with Gasteiger partial charge in [-0.05, 0) is 31.9 Å². The lowest BCUT2D eigenvalue weighted by Crippen LogP contribution is -2.36. The molecule has 1 amide bonds. The van der Waals surface area contributed by atoms with Crippen molar-refractivity contribution < 1.29 is 4.79 Å². The molecule has 0 aliphatic heterocycles. The Kier molecular flexibility index (Phi) is 4.50. The molecule has 0 aromatic heterocycles. The van der Waals surface area contributed by atoms with Crippen LogP contribution in [0.15, 0.2) is 18.2 Å². The lowest BCUT2D eigenvalue weighted by atomic mass is 10.0. The SMILES string of the molecule is Cc1ccc(C)c(CC(=O)NCC(C)N)c1. The molecule has 1 aromatic rings. The molecule has 16 heavy (non-hydrogen) atoms. The Bertz CT molecular complexity index is 372. The minimum Gasteiger partial charge on any atom is -0.354 e. The lowest BCUT2D eigenvalue weighted by Gasteiger charge is -2.09. The van der Waals surface area contributed by atoms with E-state index in [1.807, 2.05) is 26.8 Å². The fraction of sp³-hybridized carbons (Fsp3) is 0.462. The van der Waals surface area contributed by atoms with Crippen LogP contribution in [0.25, 0.3) is 0 Å².